The Balaban J connectivity index is 1.83. The largest absolute Gasteiger partial charge is 0.469 e. The van der Waals surface area contributed by atoms with Crippen LogP contribution >= 0.6 is 0 Å². The Bertz CT molecular complexity index is 606. The Morgan fingerprint density at radius 2 is 2.32 bits per heavy atom. The van der Waals surface area contributed by atoms with Crippen LogP contribution < -0.4 is 0 Å². The van der Waals surface area contributed by atoms with E-state index in [0.29, 0.717) is 11.7 Å². The summed E-state index contributed by atoms with van der Waals surface area (Å²) in [5, 5.41) is 3.99. The van der Waals surface area contributed by atoms with Gasteiger partial charge in [-0.2, -0.15) is 4.98 Å². The van der Waals surface area contributed by atoms with Gasteiger partial charge in [0.25, 0.3) is 0 Å². The van der Waals surface area contributed by atoms with Crippen LogP contribution in [0.5, 0.6) is 0 Å². The highest BCUT2D eigenvalue weighted by atomic mass is 16.5. The number of aryl methyl sites for hydroxylation is 1. The third-order valence-electron chi connectivity index (χ3n) is 3.45. The SMILES string of the molecule is COC(=O)Cc1nc(C2CCc3ccccc32)no1. The van der Waals surface area contributed by atoms with Gasteiger partial charge in [-0.05, 0) is 24.0 Å². The molecule has 0 saturated carbocycles. The first-order valence-electron chi connectivity index (χ1n) is 6.25. The van der Waals surface area contributed by atoms with E-state index < -0.39 is 0 Å². The van der Waals surface area contributed by atoms with Gasteiger partial charge in [0.2, 0.25) is 5.89 Å². The summed E-state index contributed by atoms with van der Waals surface area (Å²) in [6, 6.07) is 8.29. The summed E-state index contributed by atoms with van der Waals surface area (Å²) in [7, 11) is 1.34. The van der Waals surface area contributed by atoms with Gasteiger partial charge in [-0.15, -0.1) is 0 Å². The average molecular weight is 258 g/mol. The lowest BCUT2D eigenvalue weighted by molar-refractivity contribution is -0.140. The van der Waals surface area contributed by atoms with Crippen LogP contribution in [0.1, 0.15) is 35.2 Å². The van der Waals surface area contributed by atoms with Crippen molar-refractivity contribution >= 4 is 5.97 Å². The van der Waals surface area contributed by atoms with Crippen LogP contribution in [-0.4, -0.2) is 23.2 Å². The zero-order chi connectivity index (χ0) is 13.2. The van der Waals surface area contributed by atoms with E-state index in [1.165, 1.54) is 18.2 Å². The molecule has 5 heteroatoms. The van der Waals surface area contributed by atoms with Crippen molar-refractivity contribution in [2.45, 2.75) is 25.2 Å². The highest BCUT2D eigenvalue weighted by molar-refractivity contribution is 5.71. The van der Waals surface area contributed by atoms with Gasteiger partial charge in [0.1, 0.15) is 6.42 Å². The van der Waals surface area contributed by atoms with E-state index in [0.717, 1.165) is 12.8 Å². The standard InChI is InChI=1S/C14H14N2O3/c1-18-13(17)8-12-15-14(16-19-12)11-7-6-9-4-2-3-5-10(9)11/h2-5,11H,6-8H2,1H3. The van der Waals surface area contributed by atoms with Crippen LogP contribution in [0.15, 0.2) is 28.8 Å². The molecule has 0 saturated heterocycles. The molecule has 98 valence electrons. The predicted molar refractivity (Wildman–Crippen MR) is 66.6 cm³/mol. The molecule has 0 amide bonds. The number of rotatable bonds is 3. The van der Waals surface area contributed by atoms with E-state index in [-0.39, 0.29) is 18.3 Å². The van der Waals surface area contributed by atoms with E-state index in [4.69, 9.17) is 4.52 Å². The minimum absolute atomic E-state index is 0.0257. The highest BCUT2D eigenvalue weighted by Crippen LogP contribution is 2.36. The Hall–Kier alpha value is -2.17. The van der Waals surface area contributed by atoms with Crippen molar-refractivity contribution in [3.63, 3.8) is 0 Å². The van der Waals surface area contributed by atoms with Crippen LogP contribution in [0.4, 0.5) is 0 Å². The average Bonchev–Trinajstić information content (AvgIpc) is 3.04. The smallest absolute Gasteiger partial charge is 0.315 e. The minimum atomic E-state index is -0.373. The van der Waals surface area contributed by atoms with E-state index in [1.807, 2.05) is 12.1 Å². The maximum Gasteiger partial charge on any atom is 0.315 e. The molecule has 1 atom stereocenters. The second-order valence-electron chi connectivity index (χ2n) is 4.59. The lowest BCUT2D eigenvalue weighted by atomic mass is 10.0. The first kappa shape index (κ1) is 11.9. The molecular formula is C14H14N2O3. The van der Waals surface area contributed by atoms with E-state index >= 15 is 0 Å². The molecule has 1 heterocycles. The topological polar surface area (TPSA) is 65.2 Å². The fraction of sp³-hybridized carbons (Fsp3) is 0.357. The Labute approximate surface area is 110 Å². The van der Waals surface area contributed by atoms with Gasteiger partial charge in [0.05, 0.1) is 7.11 Å². The third kappa shape index (κ3) is 2.23. The number of nitrogens with zero attached hydrogens (tertiary/aromatic N) is 2. The molecule has 1 aromatic heterocycles. The Morgan fingerprint density at radius 1 is 1.47 bits per heavy atom. The Kier molecular flexibility index (Phi) is 3.03. The minimum Gasteiger partial charge on any atom is -0.469 e. The summed E-state index contributed by atoms with van der Waals surface area (Å²) in [4.78, 5) is 15.5. The van der Waals surface area contributed by atoms with Gasteiger partial charge in [0.15, 0.2) is 5.82 Å². The van der Waals surface area contributed by atoms with E-state index in [9.17, 15) is 4.79 Å². The number of fused-ring (bicyclic) bond motifs is 1. The van der Waals surface area contributed by atoms with Crippen molar-refractivity contribution in [3.05, 3.63) is 47.1 Å². The number of esters is 1. The first-order chi connectivity index (χ1) is 9.28. The molecule has 0 bridgehead atoms. The molecule has 3 rings (SSSR count). The maximum atomic E-state index is 11.2. The van der Waals surface area contributed by atoms with Gasteiger partial charge in [0, 0.05) is 5.92 Å². The lowest BCUT2D eigenvalue weighted by Gasteiger charge is -2.05. The number of benzene rings is 1. The van der Waals surface area contributed by atoms with Crippen molar-refractivity contribution in [2.24, 2.45) is 0 Å². The molecule has 1 aliphatic carbocycles. The van der Waals surface area contributed by atoms with Crippen molar-refractivity contribution in [1.82, 2.24) is 10.1 Å². The van der Waals surface area contributed by atoms with Crippen molar-refractivity contribution < 1.29 is 14.1 Å². The monoisotopic (exact) mass is 258 g/mol. The maximum absolute atomic E-state index is 11.2. The van der Waals surface area contributed by atoms with Gasteiger partial charge in [-0.3, -0.25) is 4.79 Å². The highest BCUT2D eigenvalue weighted by Gasteiger charge is 2.27. The number of carbonyl (C=O) groups excluding carboxylic acids is 1. The second-order valence-corrected chi connectivity index (χ2v) is 4.59. The van der Waals surface area contributed by atoms with Crippen LogP contribution in [0.25, 0.3) is 0 Å². The van der Waals surface area contributed by atoms with Gasteiger partial charge < -0.3 is 9.26 Å². The molecule has 0 fully saturated rings. The zero-order valence-corrected chi connectivity index (χ0v) is 10.6. The van der Waals surface area contributed by atoms with Crippen LogP contribution in [0.2, 0.25) is 0 Å². The summed E-state index contributed by atoms with van der Waals surface area (Å²) in [6.45, 7) is 0. The van der Waals surface area contributed by atoms with Crippen molar-refractivity contribution in [3.8, 4) is 0 Å². The molecule has 5 nitrogen and oxygen atoms in total. The van der Waals surface area contributed by atoms with Gasteiger partial charge in [-0.25, -0.2) is 0 Å². The summed E-state index contributed by atoms with van der Waals surface area (Å²) in [5.41, 5.74) is 2.60. The van der Waals surface area contributed by atoms with Crippen molar-refractivity contribution in [1.29, 1.82) is 0 Å². The normalized spacial score (nSPS) is 17.2. The second kappa shape index (κ2) is 4.84. The molecule has 1 aliphatic rings. The quantitative estimate of drug-likeness (QED) is 0.786. The summed E-state index contributed by atoms with van der Waals surface area (Å²) in [5.74, 6) is 0.767. The number of aromatic nitrogens is 2. The molecule has 1 unspecified atom stereocenters. The van der Waals surface area contributed by atoms with E-state index in [2.05, 4.69) is 27.0 Å². The third-order valence-corrected chi connectivity index (χ3v) is 3.45. The van der Waals surface area contributed by atoms with Crippen molar-refractivity contribution in [2.75, 3.05) is 7.11 Å². The zero-order valence-electron chi connectivity index (χ0n) is 10.6. The molecule has 0 N–H and O–H groups in total. The number of carbonyl (C=O) groups is 1. The fourth-order valence-electron chi connectivity index (χ4n) is 2.50. The van der Waals surface area contributed by atoms with Crippen LogP contribution in [0.3, 0.4) is 0 Å². The lowest BCUT2D eigenvalue weighted by Crippen LogP contribution is -2.05. The number of methoxy groups -OCH3 is 1. The molecule has 0 radical (unpaired) electrons. The summed E-state index contributed by atoms with van der Waals surface area (Å²) >= 11 is 0. The first-order valence-corrected chi connectivity index (χ1v) is 6.25. The molecule has 0 aliphatic heterocycles. The number of hydrogen-bond acceptors (Lipinski definition) is 5. The van der Waals surface area contributed by atoms with Gasteiger partial charge in [-0.1, -0.05) is 29.4 Å². The molecule has 2 aromatic rings. The van der Waals surface area contributed by atoms with Crippen LogP contribution in [0, 0.1) is 0 Å². The molecule has 0 spiro atoms. The summed E-state index contributed by atoms with van der Waals surface area (Å²) < 4.78 is 9.68. The number of ether oxygens (including phenoxy) is 1. The van der Waals surface area contributed by atoms with E-state index in [1.54, 1.807) is 0 Å². The Morgan fingerprint density at radius 3 is 3.16 bits per heavy atom. The molecular weight excluding hydrogens is 244 g/mol. The predicted octanol–water partition coefficient (Wildman–Crippen LogP) is 1.86. The summed E-state index contributed by atoms with van der Waals surface area (Å²) in [6.07, 6.45) is 2.04. The molecule has 19 heavy (non-hydrogen) atoms. The van der Waals surface area contributed by atoms with Crippen LogP contribution in [-0.2, 0) is 22.4 Å². The number of hydrogen-bond donors (Lipinski definition) is 0. The fourth-order valence-corrected chi connectivity index (χ4v) is 2.50. The molecule has 1 aromatic carbocycles. The van der Waals surface area contributed by atoms with Gasteiger partial charge >= 0.3 is 5.97 Å².